The van der Waals surface area contributed by atoms with Gasteiger partial charge in [-0.25, -0.2) is 0 Å². The highest BCUT2D eigenvalue weighted by atomic mass is 19.4. The molecule has 0 amide bonds. The van der Waals surface area contributed by atoms with Crippen LogP contribution in [-0.4, -0.2) is 23.8 Å². The molecule has 0 aliphatic heterocycles. The number of carbonyl (C=O) groups is 1. The molecule has 0 saturated heterocycles. The number of aliphatic carboxylic acids is 1. The summed E-state index contributed by atoms with van der Waals surface area (Å²) in [5.41, 5.74) is 2.84. The van der Waals surface area contributed by atoms with Gasteiger partial charge in [-0.3, -0.25) is 10.1 Å². The van der Waals surface area contributed by atoms with Crippen molar-refractivity contribution in [2.45, 2.75) is 33.0 Å². The molecule has 0 aliphatic carbocycles. The van der Waals surface area contributed by atoms with Crippen LogP contribution in [0.4, 0.5) is 13.2 Å². The fraction of sp³-hybridized carbons (Fsp3) is 0.462. The largest absolute Gasteiger partial charge is 0.480 e. The van der Waals surface area contributed by atoms with Crippen molar-refractivity contribution >= 4 is 5.97 Å². The third-order valence-corrected chi connectivity index (χ3v) is 2.95. The predicted molar refractivity (Wildman–Crippen MR) is 65.1 cm³/mol. The van der Waals surface area contributed by atoms with E-state index in [0.29, 0.717) is 11.1 Å². The number of hydrogen-bond acceptors (Lipinski definition) is 2. The van der Waals surface area contributed by atoms with Crippen LogP contribution in [0.15, 0.2) is 12.1 Å². The molecule has 0 radical (unpaired) electrons. The summed E-state index contributed by atoms with van der Waals surface area (Å²) in [7, 11) is 0. The Morgan fingerprint density at radius 2 is 1.74 bits per heavy atom. The van der Waals surface area contributed by atoms with Gasteiger partial charge in [-0.15, -0.1) is 0 Å². The van der Waals surface area contributed by atoms with Crippen molar-refractivity contribution in [2.75, 3.05) is 6.54 Å². The Bertz CT molecular complexity index is 484. The van der Waals surface area contributed by atoms with E-state index in [4.69, 9.17) is 5.11 Å². The second kappa shape index (κ2) is 5.61. The van der Waals surface area contributed by atoms with Crippen LogP contribution >= 0.6 is 0 Å². The molecular weight excluding hydrogens is 259 g/mol. The lowest BCUT2D eigenvalue weighted by molar-refractivity contribution is -0.143. The molecule has 0 heterocycles. The Labute approximate surface area is 109 Å². The third-order valence-electron chi connectivity index (χ3n) is 2.95. The van der Waals surface area contributed by atoms with Gasteiger partial charge in [0.1, 0.15) is 6.04 Å². The van der Waals surface area contributed by atoms with E-state index in [2.05, 4.69) is 0 Å². The molecule has 6 heteroatoms. The zero-order chi connectivity index (χ0) is 14.8. The summed E-state index contributed by atoms with van der Waals surface area (Å²) in [5.74, 6) is -1.32. The average Bonchev–Trinajstić information content (AvgIpc) is 2.23. The van der Waals surface area contributed by atoms with Gasteiger partial charge in [0, 0.05) is 0 Å². The van der Waals surface area contributed by atoms with E-state index in [1.54, 1.807) is 26.0 Å². The normalized spacial score (nSPS) is 13.4. The Balaban J connectivity index is 3.06. The smallest absolute Gasteiger partial charge is 0.401 e. The minimum Gasteiger partial charge on any atom is -0.480 e. The lowest BCUT2D eigenvalue weighted by Gasteiger charge is -2.19. The van der Waals surface area contributed by atoms with Crippen molar-refractivity contribution in [1.82, 2.24) is 5.32 Å². The van der Waals surface area contributed by atoms with E-state index < -0.39 is 24.7 Å². The van der Waals surface area contributed by atoms with Crippen LogP contribution in [0, 0.1) is 20.8 Å². The number of hydrogen-bond donors (Lipinski definition) is 2. The Hall–Kier alpha value is -1.56. The second-order valence-electron chi connectivity index (χ2n) is 4.56. The average molecular weight is 275 g/mol. The summed E-state index contributed by atoms with van der Waals surface area (Å²) in [6.07, 6.45) is -4.44. The zero-order valence-corrected chi connectivity index (χ0v) is 10.9. The first-order valence-corrected chi connectivity index (χ1v) is 5.72. The first-order valence-electron chi connectivity index (χ1n) is 5.72. The number of nitrogens with one attached hydrogen (secondary N) is 1. The predicted octanol–water partition coefficient (Wildman–Crippen LogP) is 2.89. The number of rotatable bonds is 4. The van der Waals surface area contributed by atoms with Crippen molar-refractivity contribution in [3.8, 4) is 0 Å². The van der Waals surface area contributed by atoms with Gasteiger partial charge >= 0.3 is 12.1 Å². The molecule has 0 bridgehead atoms. The summed E-state index contributed by atoms with van der Waals surface area (Å²) in [4.78, 5) is 11.1. The monoisotopic (exact) mass is 275 g/mol. The molecular formula is C13H16F3NO2. The molecule has 0 saturated carbocycles. The van der Waals surface area contributed by atoms with Crippen LogP contribution in [0.2, 0.25) is 0 Å². The SMILES string of the molecule is Cc1cc(C)c(C(NCC(F)(F)F)C(=O)O)cc1C. The van der Waals surface area contributed by atoms with Crippen molar-refractivity contribution in [2.24, 2.45) is 0 Å². The van der Waals surface area contributed by atoms with Gasteiger partial charge in [-0.05, 0) is 43.0 Å². The maximum atomic E-state index is 12.2. The van der Waals surface area contributed by atoms with Crippen LogP contribution in [-0.2, 0) is 4.79 Å². The second-order valence-corrected chi connectivity index (χ2v) is 4.56. The third kappa shape index (κ3) is 4.24. The van der Waals surface area contributed by atoms with Crippen LogP contribution in [0.25, 0.3) is 0 Å². The molecule has 19 heavy (non-hydrogen) atoms. The quantitative estimate of drug-likeness (QED) is 0.888. The van der Waals surface area contributed by atoms with Gasteiger partial charge in [-0.1, -0.05) is 12.1 Å². The molecule has 1 unspecified atom stereocenters. The molecule has 0 fully saturated rings. The van der Waals surface area contributed by atoms with E-state index in [-0.39, 0.29) is 0 Å². The highest BCUT2D eigenvalue weighted by molar-refractivity contribution is 5.76. The van der Waals surface area contributed by atoms with Gasteiger partial charge in [0.05, 0.1) is 6.54 Å². The highest BCUT2D eigenvalue weighted by Gasteiger charge is 2.31. The molecule has 1 atom stereocenters. The molecule has 1 aromatic carbocycles. The molecule has 1 aromatic rings. The summed E-state index contributed by atoms with van der Waals surface area (Å²) < 4.78 is 36.6. The molecule has 2 N–H and O–H groups in total. The molecule has 0 aromatic heterocycles. The van der Waals surface area contributed by atoms with E-state index in [9.17, 15) is 18.0 Å². The Morgan fingerprint density at radius 1 is 1.21 bits per heavy atom. The van der Waals surface area contributed by atoms with E-state index in [0.717, 1.165) is 11.1 Å². The van der Waals surface area contributed by atoms with Gasteiger partial charge < -0.3 is 5.11 Å². The number of aryl methyl sites for hydroxylation is 3. The summed E-state index contributed by atoms with van der Waals surface area (Å²) in [6, 6.07) is 2.03. The zero-order valence-electron chi connectivity index (χ0n) is 10.9. The summed E-state index contributed by atoms with van der Waals surface area (Å²) in [6.45, 7) is 4.01. The number of benzene rings is 1. The van der Waals surface area contributed by atoms with Gasteiger partial charge in [0.15, 0.2) is 0 Å². The van der Waals surface area contributed by atoms with Crippen molar-refractivity contribution in [3.05, 3.63) is 34.4 Å². The minimum absolute atomic E-state index is 0.361. The van der Waals surface area contributed by atoms with Crippen LogP contribution in [0.5, 0.6) is 0 Å². The van der Waals surface area contributed by atoms with Gasteiger partial charge in [0.25, 0.3) is 0 Å². The van der Waals surface area contributed by atoms with Crippen LogP contribution in [0.3, 0.4) is 0 Å². The first kappa shape index (κ1) is 15.5. The van der Waals surface area contributed by atoms with E-state index >= 15 is 0 Å². The van der Waals surface area contributed by atoms with E-state index in [1.807, 2.05) is 12.2 Å². The van der Waals surface area contributed by atoms with Crippen molar-refractivity contribution in [3.63, 3.8) is 0 Å². The van der Waals surface area contributed by atoms with E-state index in [1.165, 1.54) is 0 Å². The maximum absolute atomic E-state index is 12.2. The number of carboxylic acid groups (broad SMARTS) is 1. The lowest BCUT2D eigenvalue weighted by Crippen LogP contribution is -2.36. The topological polar surface area (TPSA) is 49.3 Å². The van der Waals surface area contributed by atoms with Crippen molar-refractivity contribution in [1.29, 1.82) is 0 Å². The van der Waals surface area contributed by atoms with Crippen LogP contribution in [0.1, 0.15) is 28.3 Å². The van der Waals surface area contributed by atoms with Crippen molar-refractivity contribution < 1.29 is 23.1 Å². The van der Waals surface area contributed by atoms with Gasteiger partial charge in [0.2, 0.25) is 0 Å². The highest BCUT2D eigenvalue weighted by Crippen LogP contribution is 2.23. The molecule has 106 valence electrons. The fourth-order valence-electron chi connectivity index (χ4n) is 1.84. The number of halogens is 3. The molecule has 3 nitrogen and oxygen atoms in total. The lowest BCUT2D eigenvalue weighted by atomic mass is 9.96. The Kier molecular flexibility index (Phi) is 4.57. The number of alkyl halides is 3. The maximum Gasteiger partial charge on any atom is 0.401 e. The number of carboxylic acids is 1. The molecule has 0 spiro atoms. The van der Waals surface area contributed by atoms with Gasteiger partial charge in [-0.2, -0.15) is 13.2 Å². The Morgan fingerprint density at radius 3 is 2.21 bits per heavy atom. The summed E-state index contributed by atoms with van der Waals surface area (Å²) >= 11 is 0. The minimum atomic E-state index is -4.44. The van der Waals surface area contributed by atoms with Crippen LogP contribution < -0.4 is 5.32 Å². The fourth-order valence-corrected chi connectivity index (χ4v) is 1.84. The molecule has 0 aliphatic rings. The first-order chi connectivity index (χ1) is 8.61. The summed E-state index contributed by atoms with van der Waals surface area (Å²) in [5, 5.41) is 11.1. The standard InChI is InChI=1S/C13H16F3NO2/c1-7-4-9(3)10(5-8(7)2)11(12(18)19)17-6-13(14,15)16/h4-5,11,17H,6H2,1-3H3,(H,18,19). The molecule has 1 rings (SSSR count).